The van der Waals surface area contributed by atoms with Gasteiger partial charge < -0.3 is 5.32 Å². The molecule has 0 heterocycles. The molecule has 1 fully saturated rings. The summed E-state index contributed by atoms with van der Waals surface area (Å²) in [5.41, 5.74) is 0. The Bertz CT molecular complexity index is 350. The van der Waals surface area contributed by atoms with Crippen LogP contribution in [0.4, 0.5) is 0 Å². The number of carbonyl (C=O) groups is 1. The van der Waals surface area contributed by atoms with Crippen molar-refractivity contribution in [3.63, 3.8) is 0 Å². The lowest BCUT2D eigenvalue weighted by molar-refractivity contribution is -0.125. The quantitative estimate of drug-likeness (QED) is 0.388. The SMILES string of the molecule is CCCCCCCCCCCCNC(=O)C1CC2C=CC1C2. The van der Waals surface area contributed by atoms with E-state index in [2.05, 4.69) is 24.4 Å². The Hall–Kier alpha value is -0.790. The first kappa shape index (κ1) is 17.6. The molecule has 0 saturated heterocycles. The van der Waals surface area contributed by atoms with Crippen molar-refractivity contribution in [2.75, 3.05) is 6.54 Å². The molecule has 1 saturated carbocycles. The fraction of sp³-hybridized carbons (Fsp3) is 0.850. The molecule has 2 bridgehead atoms. The van der Waals surface area contributed by atoms with E-state index >= 15 is 0 Å². The minimum atomic E-state index is 0.276. The van der Waals surface area contributed by atoms with Gasteiger partial charge in [0.1, 0.15) is 0 Å². The van der Waals surface area contributed by atoms with E-state index in [-0.39, 0.29) is 5.92 Å². The Labute approximate surface area is 137 Å². The summed E-state index contributed by atoms with van der Waals surface area (Å²) in [5, 5.41) is 3.16. The highest BCUT2D eigenvalue weighted by Gasteiger charge is 2.39. The first-order chi connectivity index (χ1) is 10.8. The number of rotatable bonds is 12. The first-order valence-electron chi connectivity index (χ1n) is 9.77. The van der Waals surface area contributed by atoms with Crippen molar-refractivity contribution in [1.29, 1.82) is 0 Å². The Morgan fingerprint density at radius 2 is 1.55 bits per heavy atom. The Kier molecular flexibility index (Phi) is 8.04. The molecule has 3 unspecified atom stereocenters. The van der Waals surface area contributed by atoms with Gasteiger partial charge in [0.15, 0.2) is 0 Å². The molecule has 1 amide bonds. The minimum Gasteiger partial charge on any atom is -0.356 e. The maximum atomic E-state index is 12.2. The van der Waals surface area contributed by atoms with Gasteiger partial charge in [-0.15, -0.1) is 0 Å². The van der Waals surface area contributed by atoms with E-state index in [1.54, 1.807) is 0 Å². The third kappa shape index (κ3) is 5.78. The lowest BCUT2D eigenvalue weighted by atomic mass is 9.93. The number of fused-ring (bicyclic) bond motifs is 2. The molecule has 0 radical (unpaired) electrons. The number of carbonyl (C=O) groups excluding carboxylic acids is 1. The van der Waals surface area contributed by atoms with Gasteiger partial charge in [-0.05, 0) is 31.1 Å². The Balaban J connectivity index is 1.37. The van der Waals surface area contributed by atoms with Crippen LogP contribution >= 0.6 is 0 Å². The Morgan fingerprint density at radius 3 is 2.09 bits per heavy atom. The predicted molar refractivity (Wildman–Crippen MR) is 93.7 cm³/mol. The average molecular weight is 306 g/mol. The molecule has 2 nitrogen and oxygen atoms in total. The van der Waals surface area contributed by atoms with E-state index in [1.165, 1.54) is 64.2 Å². The van der Waals surface area contributed by atoms with Gasteiger partial charge in [0.05, 0.1) is 0 Å². The molecule has 2 rings (SSSR count). The monoisotopic (exact) mass is 305 g/mol. The van der Waals surface area contributed by atoms with E-state index in [1.807, 2.05) is 0 Å². The maximum absolute atomic E-state index is 12.2. The second-order valence-corrected chi connectivity index (χ2v) is 7.36. The van der Waals surface area contributed by atoms with Gasteiger partial charge in [-0.1, -0.05) is 76.9 Å². The van der Waals surface area contributed by atoms with Crippen LogP contribution in [0, 0.1) is 17.8 Å². The highest BCUT2D eigenvalue weighted by Crippen LogP contribution is 2.43. The third-order valence-corrected chi connectivity index (χ3v) is 5.45. The summed E-state index contributed by atoms with van der Waals surface area (Å²) in [7, 11) is 0. The molecular formula is C20H35NO. The highest BCUT2D eigenvalue weighted by atomic mass is 16.1. The maximum Gasteiger partial charge on any atom is 0.223 e. The number of hydrogen-bond acceptors (Lipinski definition) is 1. The summed E-state index contributed by atoms with van der Waals surface area (Å²) in [6.45, 7) is 3.15. The number of amides is 1. The van der Waals surface area contributed by atoms with Gasteiger partial charge in [0.2, 0.25) is 5.91 Å². The molecule has 0 aromatic rings. The molecule has 0 aromatic heterocycles. The summed E-state index contributed by atoms with van der Waals surface area (Å²) in [6, 6.07) is 0. The second-order valence-electron chi connectivity index (χ2n) is 7.36. The smallest absolute Gasteiger partial charge is 0.223 e. The minimum absolute atomic E-state index is 0.276. The highest BCUT2D eigenvalue weighted by molar-refractivity contribution is 5.79. The molecule has 2 aliphatic rings. The van der Waals surface area contributed by atoms with Gasteiger partial charge in [0.25, 0.3) is 0 Å². The van der Waals surface area contributed by atoms with Crippen LogP contribution in [0.15, 0.2) is 12.2 Å². The van der Waals surface area contributed by atoms with Gasteiger partial charge in [-0.3, -0.25) is 4.79 Å². The van der Waals surface area contributed by atoms with Crippen LogP contribution < -0.4 is 5.32 Å². The molecule has 1 N–H and O–H groups in total. The second kappa shape index (κ2) is 10.1. The van der Waals surface area contributed by atoms with Crippen LogP contribution in [0.25, 0.3) is 0 Å². The lowest BCUT2D eigenvalue weighted by Gasteiger charge is -2.17. The number of allylic oxidation sites excluding steroid dienone is 2. The molecule has 3 atom stereocenters. The zero-order valence-electron chi connectivity index (χ0n) is 14.5. The topological polar surface area (TPSA) is 29.1 Å². The molecule has 126 valence electrons. The van der Waals surface area contributed by atoms with Gasteiger partial charge in [0, 0.05) is 12.5 Å². The van der Waals surface area contributed by atoms with Crippen molar-refractivity contribution in [1.82, 2.24) is 5.32 Å². The van der Waals surface area contributed by atoms with Crippen molar-refractivity contribution in [3.8, 4) is 0 Å². The normalized spacial score (nSPS) is 25.8. The van der Waals surface area contributed by atoms with E-state index in [9.17, 15) is 4.79 Å². The van der Waals surface area contributed by atoms with E-state index in [4.69, 9.17) is 0 Å². The summed E-state index contributed by atoms with van der Waals surface area (Å²) in [5.74, 6) is 1.82. The molecule has 2 aliphatic carbocycles. The molecule has 0 aromatic carbocycles. The van der Waals surface area contributed by atoms with Gasteiger partial charge in [-0.25, -0.2) is 0 Å². The largest absolute Gasteiger partial charge is 0.356 e. The molecule has 2 heteroatoms. The molecule has 0 aliphatic heterocycles. The van der Waals surface area contributed by atoms with Crippen LogP contribution in [-0.4, -0.2) is 12.5 Å². The van der Waals surface area contributed by atoms with Crippen LogP contribution in [0.5, 0.6) is 0 Å². The van der Waals surface area contributed by atoms with E-state index in [0.29, 0.717) is 17.7 Å². The van der Waals surface area contributed by atoms with E-state index < -0.39 is 0 Å². The number of unbranched alkanes of at least 4 members (excludes halogenated alkanes) is 9. The van der Waals surface area contributed by atoms with Crippen molar-refractivity contribution in [2.45, 2.75) is 84.0 Å². The van der Waals surface area contributed by atoms with Crippen LogP contribution in [0.1, 0.15) is 84.0 Å². The zero-order chi connectivity index (χ0) is 15.6. The standard InChI is InChI=1S/C20H35NO/c1-2-3-4-5-6-7-8-9-10-11-14-21-20(22)19-16-17-12-13-18(19)15-17/h12-13,17-19H,2-11,14-16H2,1H3,(H,21,22). The summed E-state index contributed by atoms with van der Waals surface area (Å²) in [6.07, 6.45) is 20.4. The van der Waals surface area contributed by atoms with Crippen molar-refractivity contribution in [3.05, 3.63) is 12.2 Å². The van der Waals surface area contributed by atoms with Crippen molar-refractivity contribution < 1.29 is 4.79 Å². The summed E-state index contributed by atoms with van der Waals surface area (Å²) >= 11 is 0. The number of nitrogens with one attached hydrogen (secondary N) is 1. The first-order valence-corrected chi connectivity index (χ1v) is 9.77. The summed E-state index contributed by atoms with van der Waals surface area (Å²) in [4.78, 5) is 12.2. The van der Waals surface area contributed by atoms with Gasteiger partial charge >= 0.3 is 0 Å². The van der Waals surface area contributed by atoms with Crippen LogP contribution in [-0.2, 0) is 4.79 Å². The van der Waals surface area contributed by atoms with E-state index in [0.717, 1.165) is 19.4 Å². The van der Waals surface area contributed by atoms with Crippen molar-refractivity contribution in [2.24, 2.45) is 17.8 Å². The number of hydrogen-bond donors (Lipinski definition) is 1. The Morgan fingerprint density at radius 1 is 0.909 bits per heavy atom. The van der Waals surface area contributed by atoms with Gasteiger partial charge in [-0.2, -0.15) is 0 Å². The van der Waals surface area contributed by atoms with Crippen molar-refractivity contribution >= 4 is 5.91 Å². The third-order valence-electron chi connectivity index (χ3n) is 5.45. The average Bonchev–Trinajstić information content (AvgIpc) is 3.15. The van der Waals surface area contributed by atoms with Crippen LogP contribution in [0.2, 0.25) is 0 Å². The lowest BCUT2D eigenvalue weighted by Crippen LogP contribution is -2.33. The van der Waals surface area contributed by atoms with Crippen LogP contribution in [0.3, 0.4) is 0 Å². The fourth-order valence-electron chi connectivity index (χ4n) is 4.04. The summed E-state index contributed by atoms with van der Waals surface area (Å²) < 4.78 is 0. The molecule has 0 spiro atoms. The fourth-order valence-corrected chi connectivity index (χ4v) is 4.04. The predicted octanol–water partition coefficient (Wildman–Crippen LogP) is 5.24. The molecule has 22 heavy (non-hydrogen) atoms. The zero-order valence-corrected chi connectivity index (χ0v) is 14.5. The molecular weight excluding hydrogens is 270 g/mol.